The number of rotatable bonds is 4. The van der Waals surface area contributed by atoms with E-state index in [0.29, 0.717) is 18.9 Å². The zero-order valence-electron chi connectivity index (χ0n) is 16.0. The number of amides is 1. The van der Waals surface area contributed by atoms with Crippen molar-refractivity contribution in [2.24, 2.45) is 7.05 Å². The Morgan fingerprint density at radius 2 is 2.00 bits per heavy atom. The van der Waals surface area contributed by atoms with Crippen LogP contribution in [0.15, 0.2) is 24.4 Å². The topological polar surface area (TPSA) is 90.5 Å². The summed E-state index contributed by atoms with van der Waals surface area (Å²) in [5.41, 5.74) is 3.61. The van der Waals surface area contributed by atoms with Gasteiger partial charge in [0.15, 0.2) is 0 Å². The molecule has 1 saturated carbocycles. The predicted molar refractivity (Wildman–Crippen MR) is 98.3 cm³/mol. The highest BCUT2D eigenvalue weighted by Crippen LogP contribution is 2.40. The highest BCUT2D eigenvalue weighted by Gasteiger charge is 2.38. The van der Waals surface area contributed by atoms with Crippen LogP contribution in [0.4, 0.5) is 13.2 Å². The van der Waals surface area contributed by atoms with Crippen LogP contribution in [0.25, 0.3) is 11.3 Å². The Bertz CT molecular complexity index is 1130. The van der Waals surface area contributed by atoms with Gasteiger partial charge in [0.2, 0.25) is 5.82 Å². The second-order valence-corrected chi connectivity index (χ2v) is 7.62. The van der Waals surface area contributed by atoms with Gasteiger partial charge in [0.1, 0.15) is 0 Å². The molecule has 1 N–H and O–H groups in total. The number of fused-ring (bicyclic) bond motifs is 1. The fourth-order valence-corrected chi connectivity index (χ4v) is 3.71. The lowest BCUT2D eigenvalue weighted by Crippen LogP contribution is -2.29. The molecule has 0 spiro atoms. The SMILES string of the molecule is Cn1nc(C(F)(F)F)nc1C(=O)N[C@H]1CCn2nc(-c3ccnc(C4CC4)c3)cc21. The zero-order chi connectivity index (χ0) is 21.0. The van der Waals surface area contributed by atoms with Gasteiger partial charge in [-0.3, -0.25) is 14.5 Å². The molecule has 8 nitrogen and oxygen atoms in total. The number of hydrogen-bond acceptors (Lipinski definition) is 5. The Labute approximate surface area is 169 Å². The van der Waals surface area contributed by atoms with Crippen molar-refractivity contribution in [2.75, 3.05) is 0 Å². The third-order valence-corrected chi connectivity index (χ3v) is 5.40. The number of aromatic nitrogens is 6. The van der Waals surface area contributed by atoms with E-state index in [-0.39, 0.29) is 11.9 Å². The second-order valence-electron chi connectivity index (χ2n) is 7.62. The summed E-state index contributed by atoms with van der Waals surface area (Å²) in [6, 6.07) is 5.48. The molecule has 3 aromatic rings. The smallest absolute Gasteiger partial charge is 0.341 e. The molecule has 0 bridgehead atoms. The number of carbonyl (C=O) groups excluding carboxylic acids is 1. The van der Waals surface area contributed by atoms with Crippen molar-refractivity contribution in [2.45, 2.75) is 43.9 Å². The minimum Gasteiger partial charge on any atom is -0.341 e. The first-order valence-electron chi connectivity index (χ1n) is 9.63. The maximum atomic E-state index is 12.8. The van der Waals surface area contributed by atoms with Crippen molar-refractivity contribution >= 4 is 5.91 Å². The largest absolute Gasteiger partial charge is 0.453 e. The van der Waals surface area contributed by atoms with Crippen LogP contribution in [0.5, 0.6) is 0 Å². The molecule has 0 aromatic carbocycles. The normalized spacial score (nSPS) is 18.5. The number of alkyl halides is 3. The average molecular weight is 417 g/mol. The predicted octanol–water partition coefficient (Wildman–Crippen LogP) is 2.84. The maximum absolute atomic E-state index is 12.8. The van der Waals surface area contributed by atoms with Gasteiger partial charge >= 0.3 is 6.18 Å². The molecule has 2 aliphatic rings. The summed E-state index contributed by atoms with van der Waals surface area (Å²) in [4.78, 5) is 20.3. The van der Waals surface area contributed by atoms with Crippen molar-refractivity contribution in [3.05, 3.63) is 47.4 Å². The highest BCUT2D eigenvalue weighted by molar-refractivity contribution is 5.91. The lowest BCUT2D eigenvalue weighted by molar-refractivity contribution is -0.144. The molecule has 156 valence electrons. The molecule has 1 amide bonds. The molecular formula is C19H18F3N7O. The first-order chi connectivity index (χ1) is 14.3. The van der Waals surface area contributed by atoms with Gasteiger partial charge < -0.3 is 5.32 Å². The molecule has 0 saturated heterocycles. The van der Waals surface area contributed by atoms with Crippen LogP contribution >= 0.6 is 0 Å². The summed E-state index contributed by atoms with van der Waals surface area (Å²) in [6.07, 6.45) is -0.0211. The Hall–Kier alpha value is -3.24. The van der Waals surface area contributed by atoms with E-state index in [0.717, 1.165) is 40.2 Å². The minimum absolute atomic E-state index is 0.366. The Kier molecular flexibility index (Phi) is 4.16. The number of nitrogens with one attached hydrogen (secondary N) is 1. The van der Waals surface area contributed by atoms with Crippen molar-refractivity contribution < 1.29 is 18.0 Å². The number of aryl methyl sites for hydroxylation is 2. The summed E-state index contributed by atoms with van der Waals surface area (Å²) in [6.45, 7) is 0.605. The van der Waals surface area contributed by atoms with E-state index in [9.17, 15) is 18.0 Å². The van der Waals surface area contributed by atoms with E-state index in [1.54, 1.807) is 6.20 Å². The third kappa shape index (κ3) is 3.33. The van der Waals surface area contributed by atoms with Crippen molar-refractivity contribution in [1.82, 2.24) is 34.8 Å². The van der Waals surface area contributed by atoms with Crippen LogP contribution in [-0.4, -0.2) is 35.4 Å². The molecule has 4 heterocycles. The molecule has 0 radical (unpaired) electrons. The highest BCUT2D eigenvalue weighted by atomic mass is 19.4. The summed E-state index contributed by atoms with van der Waals surface area (Å²) in [7, 11) is 1.26. The molecule has 1 fully saturated rings. The number of nitrogens with zero attached hydrogens (tertiary/aromatic N) is 6. The van der Waals surface area contributed by atoms with Gasteiger partial charge in [-0.25, -0.2) is 4.68 Å². The van der Waals surface area contributed by atoms with Gasteiger partial charge in [-0.15, -0.1) is 5.10 Å². The van der Waals surface area contributed by atoms with Gasteiger partial charge in [0, 0.05) is 37.0 Å². The Morgan fingerprint density at radius 3 is 2.70 bits per heavy atom. The Balaban J connectivity index is 1.36. The van der Waals surface area contributed by atoms with E-state index in [2.05, 4.69) is 25.5 Å². The van der Waals surface area contributed by atoms with Gasteiger partial charge in [0.05, 0.1) is 17.4 Å². The fourth-order valence-electron chi connectivity index (χ4n) is 3.71. The zero-order valence-corrected chi connectivity index (χ0v) is 16.0. The molecule has 11 heteroatoms. The lowest BCUT2D eigenvalue weighted by atomic mass is 10.1. The van der Waals surface area contributed by atoms with Gasteiger partial charge in [-0.2, -0.15) is 23.3 Å². The van der Waals surface area contributed by atoms with E-state index >= 15 is 0 Å². The lowest BCUT2D eigenvalue weighted by Gasteiger charge is -2.11. The van der Waals surface area contributed by atoms with E-state index in [4.69, 9.17) is 0 Å². The van der Waals surface area contributed by atoms with Gasteiger partial charge in [0.25, 0.3) is 11.7 Å². The molecule has 30 heavy (non-hydrogen) atoms. The third-order valence-electron chi connectivity index (χ3n) is 5.40. The molecule has 0 unspecified atom stereocenters. The molecule has 1 aliphatic heterocycles. The first-order valence-corrected chi connectivity index (χ1v) is 9.63. The molecule has 5 rings (SSSR count). The van der Waals surface area contributed by atoms with E-state index < -0.39 is 17.9 Å². The summed E-state index contributed by atoms with van der Waals surface area (Å²) < 4.78 is 41.1. The van der Waals surface area contributed by atoms with Crippen molar-refractivity contribution in [1.29, 1.82) is 0 Å². The maximum Gasteiger partial charge on any atom is 0.453 e. The summed E-state index contributed by atoms with van der Waals surface area (Å²) >= 11 is 0. The van der Waals surface area contributed by atoms with Gasteiger partial charge in [-0.05, 0) is 37.5 Å². The average Bonchev–Trinajstić information content (AvgIpc) is 3.17. The number of halogens is 3. The van der Waals surface area contributed by atoms with Crippen LogP contribution in [-0.2, 0) is 19.8 Å². The number of carbonyl (C=O) groups is 1. The van der Waals surface area contributed by atoms with Crippen molar-refractivity contribution in [3.63, 3.8) is 0 Å². The van der Waals surface area contributed by atoms with E-state index in [1.165, 1.54) is 7.05 Å². The monoisotopic (exact) mass is 417 g/mol. The molecule has 1 aliphatic carbocycles. The van der Waals surface area contributed by atoms with Crippen molar-refractivity contribution in [3.8, 4) is 11.3 Å². The van der Waals surface area contributed by atoms with Crippen LogP contribution in [0, 0.1) is 0 Å². The molecule has 1 atom stereocenters. The number of hydrogen-bond donors (Lipinski definition) is 1. The summed E-state index contributed by atoms with van der Waals surface area (Å²) in [5.74, 6) is -1.90. The van der Waals surface area contributed by atoms with Crippen LogP contribution in [0.2, 0.25) is 0 Å². The summed E-state index contributed by atoms with van der Waals surface area (Å²) in [5, 5.41) is 10.7. The molecular weight excluding hydrogens is 399 g/mol. The van der Waals surface area contributed by atoms with E-state index in [1.807, 2.05) is 22.9 Å². The van der Waals surface area contributed by atoms with Crippen LogP contribution < -0.4 is 5.32 Å². The minimum atomic E-state index is -4.71. The standard InChI is InChI=1S/C19H18F3N7O/c1-28-16(25-18(27-28)19(20,21)22)17(30)24-12-5-7-29-15(12)9-14(26-29)11-4-6-23-13(8-11)10-2-3-10/h4,6,8-10,12H,2-3,5,7H2,1H3,(H,24,30)/t12-/m0/s1. The van der Waals surface area contributed by atoms with Crippen LogP contribution in [0.1, 0.15) is 59.1 Å². The van der Waals surface area contributed by atoms with Crippen LogP contribution in [0.3, 0.4) is 0 Å². The fraction of sp³-hybridized carbons (Fsp3) is 0.421. The first kappa shape index (κ1) is 18.8. The Morgan fingerprint density at radius 1 is 1.20 bits per heavy atom. The molecule has 3 aromatic heterocycles. The number of pyridine rings is 1. The second kappa shape index (κ2) is 6.64. The van der Waals surface area contributed by atoms with Gasteiger partial charge in [-0.1, -0.05) is 0 Å². The quantitative estimate of drug-likeness (QED) is 0.705.